The van der Waals surface area contributed by atoms with E-state index in [9.17, 15) is 9.90 Å². The lowest BCUT2D eigenvalue weighted by Gasteiger charge is -2.54. The molecule has 2 fully saturated rings. The highest BCUT2D eigenvalue weighted by molar-refractivity contribution is 6.33. The molecule has 2 N–H and O–H groups in total. The Morgan fingerprint density at radius 1 is 1.19 bits per heavy atom. The van der Waals surface area contributed by atoms with Gasteiger partial charge in [-0.1, -0.05) is 23.2 Å². The highest BCUT2D eigenvalue weighted by atomic mass is 35.5. The van der Waals surface area contributed by atoms with E-state index in [1.54, 1.807) is 36.3 Å². The molecule has 13 heteroatoms. The first-order valence-corrected chi connectivity index (χ1v) is 14.9. The molecule has 226 valence electrons. The number of aromatic nitrogens is 4. The number of carbonyl (C=O) groups excluding carboxylic acids is 1. The highest BCUT2D eigenvalue weighted by Gasteiger charge is 2.47. The van der Waals surface area contributed by atoms with Gasteiger partial charge in [-0.2, -0.15) is 5.10 Å². The molecule has 2 aliphatic heterocycles. The number of carbonyl (C=O) groups is 1. The molecule has 0 radical (unpaired) electrons. The van der Waals surface area contributed by atoms with Gasteiger partial charge in [-0.05, 0) is 51.9 Å². The molecule has 0 unspecified atom stereocenters. The van der Waals surface area contributed by atoms with Gasteiger partial charge >= 0.3 is 6.09 Å². The topological polar surface area (TPSA) is 118 Å². The van der Waals surface area contributed by atoms with Crippen molar-refractivity contribution in [2.45, 2.75) is 39.3 Å². The number of piperidine rings is 1. The monoisotopic (exact) mass is 617 g/mol. The Labute approximate surface area is 255 Å². The number of hydrogen-bond donors (Lipinski definition) is 2. The molecule has 2 aliphatic rings. The quantitative estimate of drug-likeness (QED) is 0.363. The van der Waals surface area contributed by atoms with Crippen LogP contribution < -0.4 is 15.0 Å². The van der Waals surface area contributed by atoms with Gasteiger partial charge < -0.3 is 29.7 Å². The van der Waals surface area contributed by atoms with Crippen LogP contribution in [-0.4, -0.2) is 95.4 Å². The number of nitrogens with zero attached hydrogens (tertiary/aromatic N) is 6. The van der Waals surface area contributed by atoms with Gasteiger partial charge in [-0.3, -0.25) is 4.68 Å². The first kappa shape index (κ1) is 30.3. The molecule has 0 saturated carbocycles. The lowest BCUT2D eigenvalue weighted by molar-refractivity contribution is 0.0621. The van der Waals surface area contributed by atoms with Crippen LogP contribution >= 0.6 is 23.2 Å². The maximum absolute atomic E-state index is 12.0. The van der Waals surface area contributed by atoms with Crippen LogP contribution in [0.5, 0.6) is 5.75 Å². The lowest BCUT2D eigenvalue weighted by Crippen LogP contribution is -2.61. The van der Waals surface area contributed by atoms with E-state index in [2.05, 4.69) is 15.3 Å². The number of hydrogen-bond acceptors (Lipinski definition) is 9. The van der Waals surface area contributed by atoms with Crippen LogP contribution in [-0.2, 0) is 11.3 Å². The van der Waals surface area contributed by atoms with Crippen LogP contribution in [0.15, 0.2) is 24.4 Å². The number of aryl methyl sites for hydroxylation is 1. The Morgan fingerprint density at radius 3 is 2.60 bits per heavy atom. The number of rotatable bonds is 9. The van der Waals surface area contributed by atoms with Crippen molar-refractivity contribution in [2.75, 3.05) is 58.4 Å². The molecule has 5 rings (SSSR count). The number of likely N-dealkylation sites (tertiary alicyclic amines) is 1. The molecule has 0 aliphatic carbocycles. The molecule has 1 amide bonds. The van der Waals surface area contributed by atoms with Gasteiger partial charge in [0.15, 0.2) is 5.82 Å². The van der Waals surface area contributed by atoms with E-state index in [-0.39, 0.29) is 18.1 Å². The first-order valence-electron chi connectivity index (χ1n) is 14.1. The molecule has 2 aromatic heterocycles. The van der Waals surface area contributed by atoms with Crippen LogP contribution in [0.3, 0.4) is 0 Å². The third-order valence-corrected chi connectivity index (χ3v) is 8.71. The van der Waals surface area contributed by atoms with Gasteiger partial charge in [0.2, 0.25) is 0 Å². The number of aliphatic hydroxyl groups is 1. The van der Waals surface area contributed by atoms with Crippen molar-refractivity contribution >= 4 is 35.1 Å². The number of methoxy groups -OCH3 is 1. The Kier molecular flexibility index (Phi) is 9.12. The van der Waals surface area contributed by atoms with Crippen molar-refractivity contribution in [3.63, 3.8) is 0 Å². The number of likely N-dealkylation sites (N-methyl/N-ethyl adjacent to an activating group) is 1. The molecule has 4 heterocycles. The van der Waals surface area contributed by atoms with E-state index in [1.807, 2.05) is 18.5 Å². The average Bonchev–Trinajstić information content (AvgIpc) is 3.35. The number of aliphatic hydroxyl groups excluding tert-OH is 1. The smallest absolute Gasteiger partial charge is 0.409 e. The zero-order chi connectivity index (χ0) is 30.0. The summed E-state index contributed by atoms with van der Waals surface area (Å²) in [5.41, 5.74) is 3.04. The number of halogens is 2. The Hall–Kier alpha value is -3.12. The summed E-state index contributed by atoms with van der Waals surface area (Å²) < 4.78 is 12.6. The summed E-state index contributed by atoms with van der Waals surface area (Å²) in [4.78, 5) is 26.1. The van der Waals surface area contributed by atoms with E-state index in [0.29, 0.717) is 59.1 Å². The van der Waals surface area contributed by atoms with Crippen LogP contribution in [0.25, 0.3) is 22.8 Å². The number of nitrogens with one attached hydrogen (secondary N) is 1. The summed E-state index contributed by atoms with van der Waals surface area (Å²) in [5.74, 6) is 1.80. The molecule has 1 spiro atoms. The van der Waals surface area contributed by atoms with Crippen molar-refractivity contribution in [1.29, 1.82) is 0 Å². The van der Waals surface area contributed by atoms with Gasteiger partial charge in [-0.15, -0.1) is 0 Å². The molecule has 1 aromatic carbocycles. The summed E-state index contributed by atoms with van der Waals surface area (Å²) >= 11 is 13.4. The van der Waals surface area contributed by atoms with Gasteiger partial charge in [-0.25, -0.2) is 14.8 Å². The maximum Gasteiger partial charge on any atom is 0.409 e. The number of anilines is 1. The molecular formula is C29H37Cl2N7O4. The van der Waals surface area contributed by atoms with Crippen molar-refractivity contribution < 1.29 is 19.4 Å². The van der Waals surface area contributed by atoms with Crippen molar-refractivity contribution in [2.24, 2.45) is 5.41 Å². The summed E-state index contributed by atoms with van der Waals surface area (Å²) in [6.07, 6.45) is 2.51. The average molecular weight is 619 g/mol. The van der Waals surface area contributed by atoms with E-state index in [0.717, 1.165) is 43.0 Å². The minimum absolute atomic E-state index is 0.116. The van der Waals surface area contributed by atoms with E-state index >= 15 is 0 Å². The van der Waals surface area contributed by atoms with Gasteiger partial charge in [0.25, 0.3) is 0 Å². The predicted octanol–water partition coefficient (Wildman–Crippen LogP) is 4.27. The Bertz CT molecular complexity index is 1430. The normalized spacial score (nSPS) is 16.8. The summed E-state index contributed by atoms with van der Waals surface area (Å²) in [6.45, 7) is 8.17. The molecular weight excluding hydrogens is 581 g/mol. The number of benzene rings is 1. The summed E-state index contributed by atoms with van der Waals surface area (Å²) in [7, 11) is 3.19. The van der Waals surface area contributed by atoms with Crippen molar-refractivity contribution in [3.05, 3.63) is 40.0 Å². The fourth-order valence-electron chi connectivity index (χ4n) is 5.78. The molecule has 42 heavy (non-hydrogen) atoms. The number of amides is 1. The Balaban J connectivity index is 1.49. The second-order valence-electron chi connectivity index (χ2n) is 11.0. The Morgan fingerprint density at radius 2 is 1.93 bits per heavy atom. The zero-order valence-electron chi connectivity index (χ0n) is 24.4. The third-order valence-electron chi connectivity index (χ3n) is 8.11. The van der Waals surface area contributed by atoms with Crippen molar-refractivity contribution in [1.82, 2.24) is 30.0 Å². The zero-order valence-corrected chi connectivity index (χ0v) is 25.9. The fraction of sp³-hybridized carbons (Fsp3) is 0.517. The van der Waals surface area contributed by atoms with Gasteiger partial charge in [0, 0.05) is 55.8 Å². The predicted molar refractivity (Wildman–Crippen MR) is 162 cm³/mol. The second kappa shape index (κ2) is 12.6. The molecule has 0 bridgehead atoms. The standard InChI is InChI=1S/C29H37Cl2N7O4/c1-5-38-25(23(31)14-33-38)24-18(2)27(37-16-29(17-37)8-10-36(11-9-29)28(40)41-4)35-26(34-24)21-12-20(6-7-22(21)30)42-15-19(39)13-32-3/h6-7,12,14,19,32,39H,5,8-11,13,15-17H2,1-4H3/t19-/m1/s1. The SMILES string of the molecule is CCn1ncc(Cl)c1-c1nc(-c2cc(OC[C@H](O)CNC)ccc2Cl)nc(N2CC3(CCN(C(=O)OC)CC3)C2)c1C. The summed E-state index contributed by atoms with van der Waals surface area (Å²) in [5, 5.41) is 18.5. The van der Waals surface area contributed by atoms with Crippen LogP contribution in [0.2, 0.25) is 10.0 Å². The van der Waals surface area contributed by atoms with Crippen LogP contribution in [0.4, 0.5) is 10.6 Å². The van der Waals surface area contributed by atoms with E-state index in [4.69, 9.17) is 42.6 Å². The van der Waals surface area contributed by atoms with Gasteiger partial charge in [0.05, 0.1) is 29.0 Å². The lowest BCUT2D eigenvalue weighted by atomic mass is 9.72. The fourth-order valence-corrected chi connectivity index (χ4v) is 6.21. The molecule has 1 atom stereocenters. The second-order valence-corrected chi connectivity index (χ2v) is 11.8. The van der Waals surface area contributed by atoms with E-state index < -0.39 is 6.10 Å². The maximum atomic E-state index is 12.0. The van der Waals surface area contributed by atoms with Crippen LogP contribution in [0.1, 0.15) is 25.3 Å². The van der Waals surface area contributed by atoms with Gasteiger partial charge in [0.1, 0.15) is 30.0 Å². The highest BCUT2D eigenvalue weighted by Crippen LogP contribution is 2.45. The van der Waals surface area contributed by atoms with E-state index in [1.165, 1.54) is 7.11 Å². The minimum atomic E-state index is -0.655. The summed E-state index contributed by atoms with van der Waals surface area (Å²) in [6, 6.07) is 5.30. The molecule has 2 saturated heterocycles. The first-order chi connectivity index (χ1) is 20.2. The molecule has 11 nitrogen and oxygen atoms in total. The minimum Gasteiger partial charge on any atom is -0.491 e. The third kappa shape index (κ3) is 6.01. The van der Waals surface area contributed by atoms with Crippen LogP contribution in [0, 0.1) is 12.3 Å². The van der Waals surface area contributed by atoms with Crippen molar-refractivity contribution in [3.8, 4) is 28.5 Å². The molecule has 3 aromatic rings. The number of ether oxygens (including phenoxy) is 2. The largest absolute Gasteiger partial charge is 0.491 e.